The standard InChI is InChI=1S/C8H7NO3/c1-6-4-2-3-5-7(6)8(10)12-9-11/h2-5H,1H3. The molecule has 1 aromatic carbocycles. The Morgan fingerprint density at radius 1 is 1.42 bits per heavy atom. The quantitative estimate of drug-likeness (QED) is 0.496. The largest absolute Gasteiger partial charge is 0.369 e. The van der Waals surface area contributed by atoms with E-state index < -0.39 is 5.97 Å². The highest BCUT2D eigenvalue weighted by Crippen LogP contribution is 2.08. The molecule has 4 nitrogen and oxygen atoms in total. The van der Waals surface area contributed by atoms with Gasteiger partial charge in [0.2, 0.25) is 0 Å². The van der Waals surface area contributed by atoms with Gasteiger partial charge in [0, 0.05) is 0 Å². The summed E-state index contributed by atoms with van der Waals surface area (Å²) < 4.78 is 0. The van der Waals surface area contributed by atoms with Crippen LogP contribution in [-0.4, -0.2) is 5.97 Å². The number of nitrogens with zero attached hydrogens (tertiary/aromatic N) is 1. The highest BCUT2D eigenvalue weighted by atomic mass is 16.7. The van der Waals surface area contributed by atoms with Crippen molar-refractivity contribution in [2.75, 3.05) is 0 Å². The van der Waals surface area contributed by atoms with Gasteiger partial charge < -0.3 is 0 Å². The maximum Gasteiger partial charge on any atom is 0.369 e. The van der Waals surface area contributed by atoms with Crippen molar-refractivity contribution in [3.63, 3.8) is 0 Å². The van der Waals surface area contributed by atoms with Crippen LogP contribution in [0.4, 0.5) is 0 Å². The number of benzene rings is 1. The maximum absolute atomic E-state index is 10.9. The molecule has 62 valence electrons. The van der Waals surface area contributed by atoms with E-state index >= 15 is 0 Å². The normalized spacial score (nSPS) is 9.08. The molecule has 1 aromatic rings. The summed E-state index contributed by atoms with van der Waals surface area (Å²) in [6, 6.07) is 6.80. The first-order valence-corrected chi connectivity index (χ1v) is 3.35. The van der Waals surface area contributed by atoms with Gasteiger partial charge in [-0.1, -0.05) is 18.2 Å². The van der Waals surface area contributed by atoms with Crippen LogP contribution in [0.3, 0.4) is 0 Å². The molecule has 0 heterocycles. The Bertz CT molecular complexity index is 309. The molecule has 0 spiro atoms. The third-order valence-corrected chi connectivity index (χ3v) is 1.49. The first-order valence-electron chi connectivity index (χ1n) is 3.35. The number of hydrogen-bond donors (Lipinski definition) is 0. The lowest BCUT2D eigenvalue weighted by molar-refractivity contribution is 0.0507. The van der Waals surface area contributed by atoms with Gasteiger partial charge in [-0.2, -0.15) is 0 Å². The van der Waals surface area contributed by atoms with Crippen LogP contribution in [0, 0.1) is 11.8 Å². The topological polar surface area (TPSA) is 55.7 Å². The SMILES string of the molecule is Cc1ccccc1C(=O)ON=O. The van der Waals surface area contributed by atoms with Gasteiger partial charge in [-0.05, 0) is 18.6 Å². The molecule has 0 radical (unpaired) electrons. The number of hydrogen-bond acceptors (Lipinski definition) is 4. The Labute approximate surface area is 69.1 Å². The lowest BCUT2D eigenvalue weighted by Crippen LogP contribution is -2.02. The van der Waals surface area contributed by atoms with E-state index in [1.165, 1.54) is 0 Å². The van der Waals surface area contributed by atoms with Crippen molar-refractivity contribution in [1.82, 2.24) is 0 Å². The number of rotatable bonds is 2. The Balaban J connectivity index is 2.94. The van der Waals surface area contributed by atoms with E-state index in [2.05, 4.69) is 10.2 Å². The van der Waals surface area contributed by atoms with Gasteiger partial charge in [0.1, 0.15) is 0 Å². The third kappa shape index (κ3) is 1.66. The molecule has 0 fully saturated rings. The summed E-state index contributed by atoms with van der Waals surface area (Å²) >= 11 is 0. The molecule has 0 aliphatic carbocycles. The Hall–Kier alpha value is -1.71. The van der Waals surface area contributed by atoms with Crippen LogP contribution in [-0.2, 0) is 4.84 Å². The Kier molecular flexibility index (Phi) is 2.53. The van der Waals surface area contributed by atoms with Gasteiger partial charge in [0.25, 0.3) is 0 Å². The second-order valence-electron chi connectivity index (χ2n) is 2.27. The first kappa shape index (κ1) is 8.39. The van der Waals surface area contributed by atoms with Crippen LogP contribution < -0.4 is 0 Å². The van der Waals surface area contributed by atoms with Gasteiger partial charge in [-0.25, -0.2) is 4.79 Å². The predicted octanol–water partition coefficient (Wildman–Crippen LogP) is 1.83. The van der Waals surface area contributed by atoms with E-state index in [-0.39, 0.29) is 0 Å². The number of aryl methyl sites for hydroxylation is 1. The zero-order valence-electron chi connectivity index (χ0n) is 6.48. The second-order valence-corrected chi connectivity index (χ2v) is 2.27. The van der Waals surface area contributed by atoms with Gasteiger partial charge >= 0.3 is 5.97 Å². The summed E-state index contributed by atoms with van der Waals surface area (Å²) in [6.45, 7) is 1.75. The molecular weight excluding hydrogens is 158 g/mol. The number of carbonyl (C=O) groups excluding carboxylic acids is 1. The Morgan fingerprint density at radius 3 is 2.67 bits per heavy atom. The first-order chi connectivity index (χ1) is 5.75. The minimum absolute atomic E-state index is 0.358. The number of carbonyl (C=O) groups is 1. The molecule has 0 saturated carbocycles. The van der Waals surface area contributed by atoms with E-state index in [1.54, 1.807) is 31.2 Å². The van der Waals surface area contributed by atoms with E-state index in [0.29, 0.717) is 5.56 Å². The van der Waals surface area contributed by atoms with Gasteiger partial charge in [-0.15, -0.1) is 4.91 Å². The zero-order chi connectivity index (χ0) is 8.97. The average molecular weight is 165 g/mol. The predicted molar refractivity (Wildman–Crippen MR) is 42.4 cm³/mol. The second kappa shape index (κ2) is 3.61. The lowest BCUT2D eigenvalue weighted by atomic mass is 10.1. The van der Waals surface area contributed by atoms with E-state index in [4.69, 9.17) is 0 Å². The van der Waals surface area contributed by atoms with Gasteiger partial charge in [0.05, 0.1) is 5.56 Å². The summed E-state index contributed by atoms with van der Waals surface area (Å²) in [5.41, 5.74) is 1.11. The molecule has 0 unspecified atom stereocenters. The van der Waals surface area contributed by atoms with Crippen LogP contribution in [0.2, 0.25) is 0 Å². The Morgan fingerprint density at radius 2 is 2.08 bits per heavy atom. The summed E-state index contributed by atoms with van der Waals surface area (Å²) in [5.74, 6) is -0.719. The minimum atomic E-state index is -0.719. The van der Waals surface area contributed by atoms with Crippen molar-refractivity contribution >= 4 is 5.97 Å². The molecule has 0 aliphatic heterocycles. The van der Waals surface area contributed by atoms with Crippen molar-refractivity contribution in [2.45, 2.75) is 6.92 Å². The lowest BCUT2D eigenvalue weighted by Gasteiger charge is -1.98. The maximum atomic E-state index is 10.9. The summed E-state index contributed by atoms with van der Waals surface area (Å²) in [6.07, 6.45) is 0. The summed E-state index contributed by atoms with van der Waals surface area (Å²) in [4.78, 5) is 24.5. The third-order valence-electron chi connectivity index (χ3n) is 1.49. The zero-order valence-corrected chi connectivity index (χ0v) is 6.48. The molecule has 0 amide bonds. The molecule has 0 atom stereocenters. The van der Waals surface area contributed by atoms with Crippen LogP contribution in [0.15, 0.2) is 29.6 Å². The van der Waals surface area contributed by atoms with E-state index in [9.17, 15) is 9.70 Å². The smallest absolute Gasteiger partial charge is 0.279 e. The van der Waals surface area contributed by atoms with Gasteiger partial charge in [0.15, 0.2) is 5.34 Å². The highest BCUT2D eigenvalue weighted by molar-refractivity contribution is 5.90. The summed E-state index contributed by atoms with van der Waals surface area (Å²) in [7, 11) is 0. The van der Waals surface area contributed by atoms with Crippen LogP contribution in [0.1, 0.15) is 15.9 Å². The van der Waals surface area contributed by atoms with Crippen molar-refractivity contribution in [3.8, 4) is 0 Å². The molecule has 0 N–H and O–H groups in total. The molecule has 1 rings (SSSR count). The van der Waals surface area contributed by atoms with Crippen LogP contribution in [0.25, 0.3) is 0 Å². The van der Waals surface area contributed by atoms with E-state index in [1.807, 2.05) is 0 Å². The molecule has 4 heteroatoms. The van der Waals surface area contributed by atoms with Crippen molar-refractivity contribution in [1.29, 1.82) is 0 Å². The molecule has 0 saturated heterocycles. The molecular formula is C8H7NO3. The van der Waals surface area contributed by atoms with Crippen molar-refractivity contribution in [2.24, 2.45) is 5.34 Å². The van der Waals surface area contributed by atoms with Gasteiger partial charge in [-0.3, -0.25) is 4.84 Å². The van der Waals surface area contributed by atoms with Crippen molar-refractivity contribution < 1.29 is 9.63 Å². The molecule has 0 bridgehead atoms. The highest BCUT2D eigenvalue weighted by Gasteiger charge is 2.09. The molecule has 0 aliphatic rings. The molecule has 12 heavy (non-hydrogen) atoms. The van der Waals surface area contributed by atoms with Crippen LogP contribution in [0.5, 0.6) is 0 Å². The van der Waals surface area contributed by atoms with Crippen molar-refractivity contribution in [3.05, 3.63) is 40.3 Å². The molecule has 0 aromatic heterocycles. The van der Waals surface area contributed by atoms with Crippen LogP contribution >= 0.6 is 0 Å². The summed E-state index contributed by atoms with van der Waals surface area (Å²) in [5, 5.41) is 2.05. The average Bonchev–Trinajstić information content (AvgIpc) is 2.05. The van der Waals surface area contributed by atoms with E-state index in [0.717, 1.165) is 5.56 Å². The minimum Gasteiger partial charge on any atom is -0.279 e. The monoisotopic (exact) mass is 165 g/mol. The fraction of sp³-hybridized carbons (Fsp3) is 0.125. The fourth-order valence-electron chi connectivity index (χ4n) is 0.885. The fourth-order valence-corrected chi connectivity index (χ4v) is 0.885.